The first kappa shape index (κ1) is 19.1. The van der Waals surface area contributed by atoms with Gasteiger partial charge < -0.3 is 5.32 Å². The van der Waals surface area contributed by atoms with Gasteiger partial charge in [-0.05, 0) is 44.7 Å². The number of nitrogens with zero attached hydrogens (tertiary/aromatic N) is 3. The first-order chi connectivity index (χ1) is 13.0. The molecule has 0 saturated heterocycles. The summed E-state index contributed by atoms with van der Waals surface area (Å²) in [4.78, 5) is 17.0. The molecule has 0 radical (unpaired) electrons. The third-order valence-electron chi connectivity index (χ3n) is 5.20. The van der Waals surface area contributed by atoms with Gasteiger partial charge in [0.25, 0.3) is 0 Å². The fourth-order valence-electron chi connectivity index (χ4n) is 3.59. The van der Waals surface area contributed by atoms with Crippen LogP contribution in [0.1, 0.15) is 53.9 Å². The predicted molar refractivity (Wildman–Crippen MR) is 108 cm³/mol. The van der Waals surface area contributed by atoms with Crippen molar-refractivity contribution >= 4 is 11.6 Å². The highest BCUT2D eigenvalue weighted by Gasteiger charge is 2.14. The van der Waals surface area contributed by atoms with Gasteiger partial charge in [0.1, 0.15) is 0 Å². The minimum Gasteiger partial charge on any atom is -0.355 e. The van der Waals surface area contributed by atoms with E-state index in [1.807, 2.05) is 49.6 Å². The molecule has 0 bridgehead atoms. The third-order valence-corrected chi connectivity index (χ3v) is 5.20. The number of carbonyl (C=O) groups is 1. The average molecular weight is 364 g/mol. The highest BCUT2D eigenvalue weighted by atomic mass is 16.1. The molecule has 0 aliphatic carbocycles. The van der Waals surface area contributed by atoms with Crippen LogP contribution >= 0.6 is 0 Å². The molecule has 1 aromatic carbocycles. The van der Waals surface area contributed by atoms with Gasteiger partial charge in [-0.3, -0.25) is 4.79 Å². The van der Waals surface area contributed by atoms with Gasteiger partial charge >= 0.3 is 0 Å². The topological polar surface area (TPSA) is 59.3 Å². The second-order valence-electron chi connectivity index (χ2n) is 7.14. The Hall–Kier alpha value is -2.69. The van der Waals surface area contributed by atoms with E-state index in [-0.39, 0.29) is 5.91 Å². The van der Waals surface area contributed by atoms with Gasteiger partial charge in [0, 0.05) is 36.3 Å². The molecule has 3 rings (SSSR count). The van der Waals surface area contributed by atoms with Crippen LogP contribution in [0, 0.1) is 20.8 Å². The van der Waals surface area contributed by atoms with Crippen LogP contribution < -0.4 is 5.32 Å². The number of hydrogen-bond donors (Lipinski definition) is 1. The molecule has 1 N–H and O–H groups in total. The minimum atomic E-state index is 0.0833. The molecule has 2 heterocycles. The number of hydrogen-bond acceptors (Lipinski definition) is 3. The van der Waals surface area contributed by atoms with E-state index >= 15 is 0 Å². The maximum Gasteiger partial charge on any atom is 0.220 e. The molecule has 5 nitrogen and oxygen atoms in total. The molecule has 0 aliphatic rings. The molecule has 2 aromatic heterocycles. The lowest BCUT2D eigenvalue weighted by molar-refractivity contribution is -0.121. The van der Waals surface area contributed by atoms with Gasteiger partial charge in [0.05, 0.1) is 5.69 Å². The zero-order valence-electron chi connectivity index (χ0n) is 16.6. The highest BCUT2D eigenvalue weighted by molar-refractivity contribution is 5.76. The molecule has 1 amide bonds. The Labute approximate surface area is 160 Å². The lowest BCUT2D eigenvalue weighted by Crippen LogP contribution is -2.28. The summed E-state index contributed by atoms with van der Waals surface area (Å²) in [6.45, 7) is 8.85. The summed E-state index contributed by atoms with van der Waals surface area (Å²) in [5.74, 6) is 0.434. The van der Waals surface area contributed by atoms with E-state index in [1.165, 1.54) is 5.56 Å². The molecule has 0 saturated carbocycles. The van der Waals surface area contributed by atoms with Crippen molar-refractivity contribution in [1.82, 2.24) is 19.9 Å². The Morgan fingerprint density at radius 1 is 1.19 bits per heavy atom. The Kier molecular flexibility index (Phi) is 5.89. The molecule has 0 unspecified atom stereocenters. The number of benzene rings is 1. The number of carbonyl (C=O) groups excluding carboxylic acids is 1. The summed E-state index contributed by atoms with van der Waals surface area (Å²) in [6.07, 6.45) is 2.13. The Morgan fingerprint density at radius 2 is 1.93 bits per heavy atom. The highest BCUT2D eigenvalue weighted by Crippen LogP contribution is 2.19. The molecule has 3 aromatic rings. The van der Waals surface area contributed by atoms with Gasteiger partial charge in [-0.15, -0.1) is 0 Å². The summed E-state index contributed by atoms with van der Waals surface area (Å²) in [6, 6.07) is 12.3. The lowest BCUT2D eigenvalue weighted by atomic mass is 9.96. The summed E-state index contributed by atoms with van der Waals surface area (Å²) < 4.78 is 1.87. The van der Waals surface area contributed by atoms with E-state index in [4.69, 9.17) is 0 Å². The van der Waals surface area contributed by atoms with E-state index in [0.717, 1.165) is 34.7 Å². The fourth-order valence-corrected chi connectivity index (χ4v) is 3.59. The van der Waals surface area contributed by atoms with Crippen molar-refractivity contribution in [2.45, 2.75) is 52.9 Å². The average Bonchev–Trinajstić information content (AvgIpc) is 3.03. The van der Waals surface area contributed by atoms with E-state index in [2.05, 4.69) is 34.5 Å². The van der Waals surface area contributed by atoms with Crippen molar-refractivity contribution in [3.05, 3.63) is 64.6 Å². The largest absolute Gasteiger partial charge is 0.355 e. The summed E-state index contributed by atoms with van der Waals surface area (Å²) in [5, 5.41) is 7.60. The Morgan fingerprint density at radius 3 is 2.63 bits per heavy atom. The van der Waals surface area contributed by atoms with E-state index < -0.39 is 0 Å². The second-order valence-corrected chi connectivity index (χ2v) is 7.14. The second kappa shape index (κ2) is 8.33. The van der Waals surface area contributed by atoms with E-state index in [1.54, 1.807) is 0 Å². The molecular formula is C22H28N4O. The fraction of sp³-hybridized carbons (Fsp3) is 0.409. The standard InChI is InChI=1S/C22H28N4O/c1-5-18(19-9-7-6-8-10-19)14-23-22(27)12-11-20-16(3)24-21-13-15(2)25-26(21)17(20)4/h6-10,13,18H,5,11-12,14H2,1-4H3,(H,23,27)/t18-/m1/s1. The molecule has 5 heteroatoms. The SMILES string of the molecule is CC[C@H](CNC(=O)CCc1c(C)nc2cc(C)nn2c1C)c1ccccc1. The van der Waals surface area contributed by atoms with Crippen LogP contribution in [0.25, 0.3) is 5.65 Å². The Bertz CT molecular complexity index is 930. The van der Waals surface area contributed by atoms with Crippen LogP contribution in [0.4, 0.5) is 0 Å². The monoisotopic (exact) mass is 364 g/mol. The van der Waals surface area contributed by atoms with Crippen LogP contribution in [0.15, 0.2) is 36.4 Å². The molecule has 0 aliphatic heterocycles. The van der Waals surface area contributed by atoms with Crippen molar-refractivity contribution in [3.63, 3.8) is 0 Å². The van der Waals surface area contributed by atoms with Gasteiger partial charge in [0.2, 0.25) is 5.91 Å². The maximum absolute atomic E-state index is 12.4. The number of rotatable bonds is 7. The number of amides is 1. The van der Waals surface area contributed by atoms with Gasteiger partial charge in [-0.1, -0.05) is 37.3 Å². The zero-order valence-corrected chi connectivity index (χ0v) is 16.6. The molecule has 1 atom stereocenters. The molecule has 0 spiro atoms. The van der Waals surface area contributed by atoms with Crippen LogP contribution in [-0.2, 0) is 11.2 Å². The van der Waals surface area contributed by atoms with Crippen molar-refractivity contribution in [3.8, 4) is 0 Å². The van der Waals surface area contributed by atoms with Crippen molar-refractivity contribution in [2.24, 2.45) is 0 Å². The summed E-state index contributed by atoms with van der Waals surface area (Å²) in [5.41, 5.74) is 6.24. The first-order valence-electron chi connectivity index (χ1n) is 9.63. The van der Waals surface area contributed by atoms with Gasteiger partial charge in [0.15, 0.2) is 5.65 Å². The van der Waals surface area contributed by atoms with Crippen molar-refractivity contribution < 1.29 is 4.79 Å². The number of fused-ring (bicyclic) bond motifs is 1. The zero-order chi connectivity index (χ0) is 19.4. The number of nitrogens with one attached hydrogen (secondary N) is 1. The summed E-state index contributed by atoms with van der Waals surface area (Å²) in [7, 11) is 0. The van der Waals surface area contributed by atoms with Crippen LogP contribution in [-0.4, -0.2) is 27.0 Å². The van der Waals surface area contributed by atoms with E-state index in [9.17, 15) is 4.79 Å². The number of aryl methyl sites for hydroxylation is 3. The third kappa shape index (κ3) is 4.35. The quantitative estimate of drug-likeness (QED) is 0.692. The van der Waals surface area contributed by atoms with E-state index in [0.29, 0.717) is 25.3 Å². The molecular weight excluding hydrogens is 336 g/mol. The smallest absolute Gasteiger partial charge is 0.220 e. The lowest BCUT2D eigenvalue weighted by Gasteiger charge is -2.16. The first-order valence-corrected chi connectivity index (χ1v) is 9.63. The van der Waals surface area contributed by atoms with Crippen molar-refractivity contribution in [2.75, 3.05) is 6.54 Å². The molecule has 27 heavy (non-hydrogen) atoms. The van der Waals surface area contributed by atoms with Gasteiger partial charge in [-0.2, -0.15) is 5.10 Å². The Balaban J connectivity index is 1.61. The summed E-state index contributed by atoms with van der Waals surface area (Å²) >= 11 is 0. The van der Waals surface area contributed by atoms with Gasteiger partial charge in [-0.25, -0.2) is 9.50 Å². The van der Waals surface area contributed by atoms with Crippen LogP contribution in [0.2, 0.25) is 0 Å². The normalized spacial score (nSPS) is 12.3. The van der Waals surface area contributed by atoms with Crippen LogP contribution in [0.3, 0.4) is 0 Å². The van der Waals surface area contributed by atoms with Crippen LogP contribution in [0.5, 0.6) is 0 Å². The number of aromatic nitrogens is 3. The maximum atomic E-state index is 12.4. The minimum absolute atomic E-state index is 0.0833. The molecule has 0 fully saturated rings. The molecule has 142 valence electrons. The predicted octanol–water partition coefficient (Wildman–Crippen LogP) is 3.90. The van der Waals surface area contributed by atoms with Crippen molar-refractivity contribution in [1.29, 1.82) is 0 Å².